The maximum Gasteiger partial charge on any atom is 0.227 e. The van der Waals surface area contributed by atoms with Crippen molar-refractivity contribution in [3.63, 3.8) is 0 Å². The van der Waals surface area contributed by atoms with Gasteiger partial charge in [0.15, 0.2) is 5.78 Å². The van der Waals surface area contributed by atoms with Crippen LogP contribution in [0.15, 0.2) is 12.5 Å². The molecule has 2 N–H and O–H groups in total. The number of aromatic nitrogens is 2. The van der Waals surface area contributed by atoms with Crippen molar-refractivity contribution in [3.8, 4) is 5.88 Å². The Balaban J connectivity index is 3.04. The van der Waals surface area contributed by atoms with Crippen LogP contribution in [0.2, 0.25) is 0 Å². The summed E-state index contributed by atoms with van der Waals surface area (Å²) in [6.45, 7) is -0.0657. The minimum atomic E-state index is -0.229. The lowest BCUT2D eigenvalue weighted by atomic mass is 10.2. The fraction of sp³-hybridized carbons (Fsp3) is 0.286. The van der Waals surface area contributed by atoms with Gasteiger partial charge < -0.3 is 10.5 Å². The van der Waals surface area contributed by atoms with E-state index in [0.29, 0.717) is 5.56 Å². The molecule has 5 nitrogen and oxygen atoms in total. The average molecular weight is 167 g/mol. The van der Waals surface area contributed by atoms with Crippen molar-refractivity contribution in [2.45, 2.75) is 0 Å². The summed E-state index contributed by atoms with van der Waals surface area (Å²) in [4.78, 5) is 18.6. The molecule has 0 fully saturated rings. The molecule has 0 radical (unpaired) electrons. The number of nitrogens with two attached hydrogens (primary N) is 1. The van der Waals surface area contributed by atoms with Gasteiger partial charge in [-0.15, -0.1) is 0 Å². The van der Waals surface area contributed by atoms with Crippen LogP contribution in [0.5, 0.6) is 5.88 Å². The lowest BCUT2D eigenvalue weighted by Gasteiger charge is -2.02. The average Bonchev–Trinajstić information content (AvgIpc) is 2.16. The van der Waals surface area contributed by atoms with Gasteiger partial charge in [-0.05, 0) is 0 Å². The van der Waals surface area contributed by atoms with Crippen molar-refractivity contribution in [3.05, 3.63) is 18.1 Å². The van der Waals surface area contributed by atoms with Crippen LogP contribution in [0.1, 0.15) is 10.4 Å². The number of carbonyl (C=O) groups is 1. The number of nitrogens with zero attached hydrogens (tertiary/aromatic N) is 2. The number of rotatable bonds is 3. The maximum atomic E-state index is 11.1. The highest BCUT2D eigenvalue weighted by Gasteiger charge is 2.10. The molecule has 1 aromatic rings. The number of methoxy groups -OCH3 is 1. The Hall–Kier alpha value is -1.49. The predicted octanol–water partition coefficient (Wildman–Crippen LogP) is -0.373. The second kappa shape index (κ2) is 3.77. The van der Waals surface area contributed by atoms with Crippen LogP contribution in [0.25, 0.3) is 0 Å². The highest BCUT2D eigenvalue weighted by molar-refractivity contribution is 5.99. The minimum absolute atomic E-state index is 0.0657. The standard InChI is InChI=1S/C7H9N3O2/c1-12-7-5(6(11)2-8)3-9-4-10-7/h3-4H,2,8H2,1H3. The Bertz CT molecular complexity index is 288. The Morgan fingerprint density at radius 3 is 3.08 bits per heavy atom. The Morgan fingerprint density at radius 2 is 2.50 bits per heavy atom. The number of carbonyl (C=O) groups excluding carboxylic acids is 1. The van der Waals surface area contributed by atoms with Gasteiger partial charge in [-0.3, -0.25) is 4.79 Å². The van der Waals surface area contributed by atoms with Gasteiger partial charge in [0.05, 0.1) is 19.2 Å². The molecule has 1 rings (SSSR count). The van der Waals surface area contributed by atoms with Crippen LogP contribution in [0.3, 0.4) is 0 Å². The van der Waals surface area contributed by atoms with Crippen LogP contribution < -0.4 is 10.5 Å². The van der Waals surface area contributed by atoms with E-state index in [0.717, 1.165) is 0 Å². The van der Waals surface area contributed by atoms with E-state index in [1.807, 2.05) is 0 Å². The zero-order valence-electron chi connectivity index (χ0n) is 6.65. The molecule has 0 saturated carbocycles. The molecule has 0 aliphatic rings. The number of ketones is 1. The van der Waals surface area contributed by atoms with E-state index >= 15 is 0 Å². The Morgan fingerprint density at radius 1 is 1.75 bits per heavy atom. The van der Waals surface area contributed by atoms with Gasteiger partial charge in [0.25, 0.3) is 0 Å². The third kappa shape index (κ3) is 1.57. The monoisotopic (exact) mass is 167 g/mol. The van der Waals surface area contributed by atoms with Gasteiger partial charge in [-0.1, -0.05) is 0 Å². The van der Waals surface area contributed by atoms with E-state index in [4.69, 9.17) is 10.5 Å². The first-order valence-electron chi connectivity index (χ1n) is 3.37. The van der Waals surface area contributed by atoms with Gasteiger partial charge in [0.1, 0.15) is 6.33 Å². The van der Waals surface area contributed by atoms with Crippen LogP contribution in [-0.2, 0) is 0 Å². The summed E-state index contributed by atoms with van der Waals surface area (Å²) in [5.74, 6) is 0.0351. The third-order valence-corrected chi connectivity index (χ3v) is 1.35. The fourth-order valence-electron chi connectivity index (χ4n) is 0.782. The smallest absolute Gasteiger partial charge is 0.227 e. The second-order valence-electron chi connectivity index (χ2n) is 2.07. The van der Waals surface area contributed by atoms with E-state index in [9.17, 15) is 4.79 Å². The molecule has 1 heterocycles. The number of Topliss-reactive ketones (excluding diaryl/α,β-unsaturated/α-hetero) is 1. The van der Waals surface area contributed by atoms with E-state index in [2.05, 4.69) is 9.97 Å². The van der Waals surface area contributed by atoms with Crippen molar-refractivity contribution in [2.24, 2.45) is 5.73 Å². The van der Waals surface area contributed by atoms with Crippen molar-refractivity contribution in [2.75, 3.05) is 13.7 Å². The first-order chi connectivity index (χ1) is 5.79. The number of hydrogen-bond acceptors (Lipinski definition) is 5. The van der Waals surface area contributed by atoms with E-state index in [1.54, 1.807) is 0 Å². The predicted molar refractivity (Wildman–Crippen MR) is 42.0 cm³/mol. The van der Waals surface area contributed by atoms with Crippen LogP contribution in [-0.4, -0.2) is 29.4 Å². The maximum absolute atomic E-state index is 11.1. The Kier molecular flexibility index (Phi) is 2.71. The Labute approximate surface area is 69.6 Å². The zero-order chi connectivity index (χ0) is 8.97. The summed E-state index contributed by atoms with van der Waals surface area (Å²) in [6, 6.07) is 0. The SMILES string of the molecule is COc1ncncc1C(=O)CN. The molecule has 0 amide bonds. The highest BCUT2D eigenvalue weighted by Crippen LogP contribution is 2.11. The lowest BCUT2D eigenvalue weighted by molar-refractivity contribution is 0.0997. The molecule has 12 heavy (non-hydrogen) atoms. The van der Waals surface area contributed by atoms with Crippen LogP contribution in [0.4, 0.5) is 0 Å². The van der Waals surface area contributed by atoms with Gasteiger partial charge in [0, 0.05) is 6.20 Å². The largest absolute Gasteiger partial charge is 0.480 e. The fourth-order valence-corrected chi connectivity index (χ4v) is 0.782. The summed E-state index contributed by atoms with van der Waals surface area (Å²) < 4.78 is 4.84. The molecule has 0 unspecified atom stereocenters. The molecule has 0 atom stereocenters. The molecule has 1 aromatic heterocycles. The number of hydrogen-bond donors (Lipinski definition) is 1. The van der Waals surface area contributed by atoms with Crippen molar-refractivity contribution in [1.29, 1.82) is 0 Å². The first-order valence-corrected chi connectivity index (χ1v) is 3.37. The van der Waals surface area contributed by atoms with Gasteiger partial charge in [0.2, 0.25) is 5.88 Å². The second-order valence-corrected chi connectivity index (χ2v) is 2.07. The zero-order valence-corrected chi connectivity index (χ0v) is 6.65. The lowest BCUT2D eigenvalue weighted by Crippen LogP contribution is -2.15. The number of ether oxygens (including phenoxy) is 1. The quantitative estimate of drug-likeness (QED) is 0.621. The molecule has 64 valence electrons. The molecule has 5 heteroatoms. The summed E-state index contributed by atoms with van der Waals surface area (Å²) in [5, 5.41) is 0. The first kappa shape index (κ1) is 8.61. The van der Waals surface area contributed by atoms with E-state index in [1.165, 1.54) is 19.6 Å². The highest BCUT2D eigenvalue weighted by atomic mass is 16.5. The van der Waals surface area contributed by atoms with Gasteiger partial charge in [-0.2, -0.15) is 0 Å². The van der Waals surface area contributed by atoms with Crippen molar-refractivity contribution >= 4 is 5.78 Å². The van der Waals surface area contributed by atoms with E-state index in [-0.39, 0.29) is 18.2 Å². The molecule has 0 aromatic carbocycles. The summed E-state index contributed by atoms with van der Waals surface area (Å²) >= 11 is 0. The van der Waals surface area contributed by atoms with Crippen LogP contribution >= 0.6 is 0 Å². The molecular formula is C7H9N3O2. The summed E-state index contributed by atoms with van der Waals surface area (Å²) in [6.07, 6.45) is 2.70. The van der Waals surface area contributed by atoms with Gasteiger partial charge in [-0.25, -0.2) is 9.97 Å². The summed E-state index contributed by atoms with van der Waals surface area (Å²) in [5.41, 5.74) is 5.49. The summed E-state index contributed by atoms with van der Waals surface area (Å²) in [7, 11) is 1.44. The van der Waals surface area contributed by atoms with Crippen molar-refractivity contribution < 1.29 is 9.53 Å². The van der Waals surface area contributed by atoms with Crippen LogP contribution in [0, 0.1) is 0 Å². The molecular weight excluding hydrogens is 158 g/mol. The topological polar surface area (TPSA) is 78.1 Å². The molecule has 0 bridgehead atoms. The normalized spacial score (nSPS) is 9.50. The van der Waals surface area contributed by atoms with Gasteiger partial charge >= 0.3 is 0 Å². The minimum Gasteiger partial charge on any atom is -0.480 e. The van der Waals surface area contributed by atoms with Crippen molar-refractivity contribution in [1.82, 2.24) is 9.97 Å². The molecule has 0 aliphatic heterocycles. The molecule has 0 spiro atoms. The molecule has 0 saturated heterocycles. The van der Waals surface area contributed by atoms with E-state index < -0.39 is 0 Å². The third-order valence-electron chi connectivity index (χ3n) is 1.35. The molecule has 0 aliphatic carbocycles.